The van der Waals surface area contributed by atoms with Crippen molar-refractivity contribution in [2.75, 3.05) is 6.54 Å². The normalized spacial score (nSPS) is 25.4. The van der Waals surface area contributed by atoms with Gasteiger partial charge in [0.1, 0.15) is 0 Å². The van der Waals surface area contributed by atoms with Crippen molar-refractivity contribution in [2.45, 2.75) is 32.2 Å². The van der Waals surface area contributed by atoms with Crippen molar-refractivity contribution in [3.8, 4) is 0 Å². The molecule has 19 heavy (non-hydrogen) atoms. The number of carbonyl (C=O) groups excluding carboxylic acids is 2. The van der Waals surface area contributed by atoms with Crippen LogP contribution in [-0.4, -0.2) is 35.0 Å². The van der Waals surface area contributed by atoms with Gasteiger partial charge in [0.2, 0.25) is 11.8 Å². The van der Waals surface area contributed by atoms with Gasteiger partial charge in [0, 0.05) is 25.1 Å². The maximum atomic E-state index is 11.6. The number of rotatable bonds is 3. The van der Waals surface area contributed by atoms with Gasteiger partial charge in [-0.2, -0.15) is 0 Å². The molecule has 0 aromatic rings. The monoisotopic (exact) mass is 256 g/mol. The zero-order chi connectivity index (χ0) is 13.4. The molecule has 1 aliphatic carbocycles. The fourth-order valence-electron chi connectivity index (χ4n) is 2.84. The third kappa shape index (κ3) is 2.07. The Morgan fingerprint density at radius 1 is 1.26 bits per heavy atom. The van der Waals surface area contributed by atoms with E-state index >= 15 is 0 Å². The lowest BCUT2D eigenvalue weighted by molar-refractivity contribution is -0.138. The second kappa shape index (κ2) is 4.61. The lowest BCUT2D eigenvalue weighted by Crippen LogP contribution is -2.30. The molecule has 1 fully saturated rings. The van der Waals surface area contributed by atoms with E-state index in [9.17, 15) is 9.59 Å². The van der Waals surface area contributed by atoms with Crippen molar-refractivity contribution < 1.29 is 9.59 Å². The number of likely N-dealkylation sites (tertiary alicyclic amines) is 1. The molecule has 0 bridgehead atoms. The van der Waals surface area contributed by atoms with Gasteiger partial charge < -0.3 is 0 Å². The third-order valence-corrected chi connectivity index (χ3v) is 3.86. The maximum absolute atomic E-state index is 11.6. The van der Waals surface area contributed by atoms with Gasteiger partial charge in [0.15, 0.2) is 0 Å². The largest absolute Gasteiger partial charge is 0.282 e. The Morgan fingerprint density at radius 3 is 2.74 bits per heavy atom. The van der Waals surface area contributed by atoms with E-state index in [2.05, 4.69) is 17.1 Å². The summed E-state index contributed by atoms with van der Waals surface area (Å²) < 4.78 is 0. The highest BCUT2D eigenvalue weighted by Crippen LogP contribution is 2.29. The number of hydrogen-bond acceptors (Lipinski definition) is 3. The van der Waals surface area contributed by atoms with Gasteiger partial charge in [0.25, 0.3) is 0 Å². The van der Waals surface area contributed by atoms with E-state index < -0.39 is 0 Å². The summed E-state index contributed by atoms with van der Waals surface area (Å²) in [7, 11) is 0. The van der Waals surface area contributed by atoms with E-state index in [0.717, 1.165) is 5.71 Å². The van der Waals surface area contributed by atoms with Gasteiger partial charge >= 0.3 is 0 Å². The second-order valence-corrected chi connectivity index (χ2v) is 5.03. The number of hydrogen-bond donors (Lipinski definition) is 0. The number of aliphatic imine (C=N–C) groups is 1. The fourth-order valence-corrected chi connectivity index (χ4v) is 2.84. The van der Waals surface area contributed by atoms with Crippen LogP contribution in [0.15, 0.2) is 40.4 Å². The Hall–Kier alpha value is -1.97. The topological polar surface area (TPSA) is 49.7 Å². The lowest BCUT2D eigenvalue weighted by Gasteiger charge is -2.15. The summed E-state index contributed by atoms with van der Waals surface area (Å²) in [6.45, 7) is 2.48. The lowest BCUT2D eigenvalue weighted by atomic mass is 9.96. The number of fused-ring (bicyclic) bond motifs is 1. The van der Waals surface area contributed by atoms with Gasteiger partial charge in [-0.3, -0.25) is 19.5 Å². The Labute approximate surface area is 112 Å². The van der Waals surface area contributed by atoms with Crippen molar-refractivity contribution in [1.29, 1.82) is 0 Å². The molecule has 0 N–H and O–H groups in total. The molecule has 98 valence electrons. The van der Waals surface area contributed by atoms with E-state index in [4.69, 9.17) is 0 Å². The first kappa shape index (κ1) is 12.1. The van der Waals surface area contributed by atoms with Gasteiger partial charge in [-0.15, -0.1) is 0 Å². The molecular weight excluding hydrogens is 240 g/mol. The molecule has 1 unspecified atom stereocenters. The predicted molar refractivity (Wildman–Crippen MR) is 72.8 cm³/mol. The number of allylic oxidation sites excluding steroid dienone is 2. The molecule has 0 saturated carbocycles. The van der Waals surface area contributed by atoms with Crippen LogP contribution in [0.3, 0.4) is 0 Å². The predicted octanol–water partition coefficient (Wildman–Crippen LogP) is 1.79. The van der Waals surface area contributed by atoms with E-state index in [1.54, 1.807) is 0 Å². The zero-order valence-corrected chi connectivity index (χ0v) is 10.9. The average molecular weight is 256 g/mol. The first-order valence-electron chi connectivity index (χ1n) is 6.62. The molecule has 3 rings (SSSR count). The first-order valence-corrected chi connectivity index (χ1v) is 6.62. The summed E-state index contributed by atoms with van der Waals surface area (Å²) in [5.41, 5.74) is 3.41. The van der Waals surface area contributed by atoms with Crippen LogP contribution < -0.4 is 0 Å². The molecule has 0 spiro atoms. The van der Waals surface area contributed by atoms with Crippen LogP contribution in [0.1, 0.15) is 26.2 Å². The van der Waals surface area contributed by atoms with Crippen molar-refractivity contribution in [2.24, 2.45) is 4.99 Å². The fraction of sp³-hybridized carbons (Fsp3) is 0.400. The molecule has 0 radical (unpaired) electrons. The van der Waals surface area contributed by atoms with Crippen LogP contribution in [0, 0.1) is 0 Å². The average Bonchev–Trinajstić information content (AvgIpc) is 2.88. The van der Waals surface area contributed by atoms with Crippen molar-refractivity contribution >= 4 is 17.5 Å². The highest BCUT2D eigenvalue weighted by atomic mass is 16.2. The Kier molecular flexibility index (Phi) is 2.93. The van der Waals surface area contributed by atoms with Crippen molar-refractivity contribution in [3.63, 3.8) is 0 Å². The minimum Gasteiger partial charge on any atom is -0.282 e. The van der Waals surface area contributed by atoms with Gasteiger partial charge in [-0.05, 0) is 24.5 Å². The van der Waals surface area contributed by atoms with E-state index in [1.807, 2.05) is 19.1 Å². The molecule has 4 nitrogen and oxygen atoms in total. The molecule has 2 aliphatic heterocycles. The Morgan fingerprint density at radius 2 is 2.00 bits per heavy atom. The molecule has 1 atom stereocenters. The Bertz CT molecular complexity index is 551. The molecule has 1 saturated heterocycles. The molecule has 4 heteroatoms. The van der Waals surface area contributed by atoms with E-state index in [0.29, 0.717) is 25.8 Å². The minimum atomic E-state index is -0.0428. The van der Waals surface area contributed by atoms with Gasteiger partial charge in [-0.1, -0.05) is 24.3 Å². The van der Waals surface area contributed by atoms with Crippen LogP contribution in [0.5, 0.6) is 0 Å². The van der Waals surface area contributed by atoms with E-state index in [1.165, 1.54) is 16.0 Å². The third-order valence-electron chi connectivity index (χ3n) is 3.86. The van der Waals surface area contributed by atoms with Crippen molar-refractivity contribution in [1.82, 2.24) is 4.90 Å². The van der Waals surface area contributed by atoms with E-state index in [-0.39, 0.29) is 17.9 Å². The van der Waals surface area contributed by atoms with Crippen molar-refractivity contribution in [3.05, 3.63) is 35.5 Å². The zero-order valence-electron chi connectivity index (χ0n) is 10.9. The molecule has 2 amide bonds. The first-order chi connectivity index (χ1) is 9.16. The number of imide groups is 1. The molecule has 0 aromatic carbocycles. The van der Waals surface area contributed by atoms with Crippen LogP contribution in [-0.2, 0) is 9.59 Å². The molecule has 0 aromatic heterocycles. The standard InChI is InChI=1S/C15H16N2O2/c1-10-11(12-4-2-3-5-13(12)16-10)8-9-17-14(18)6-7-15(17)19/h2-5,13H,6-9H2,1H3. The summed E-state index contributed by atoms with van der Waals surface area (Å²) >= 11 is 0. The summed E-state index contributed by atoms with van der Waals surface area (Å²) in [6.07, 6.45) is 9.59. The quantitative estimate of drug-likeness (QED) is 0.723. The van der Waals surface area contributed by atoms with Gasteiger partial charge in [-0.25, -0.2) is 0 Å². The summed E-state index contributed by atoms with van der Waals surface area (Å²) in [5.74, 6) is -0.0855. The maximum Gasteiger partial charge on any atom is 0.229 e. The van der Waals surface area contributed by atoms with Crippen LogP contribution >= 0.6 is 0 Å². The molecule has 3 aliphatic rings. The van der Waals surface area contributed by atoms with Gasteiger partial charge in [0.05, 0.1) is 6.04 Å². The summed E-state index contributed by atoms with van der Waals surface area (Å²) in [4.78, 5) is 29.2. The highest BCUT2D eigenvalue weighted by Gasteiger charge is 2.30. The van der Waals surface area contributed by atoms with Crippen LogP contribution in [0.25, 0.3) is 0 Å². The second-order valence-electron chi connectivity index (χ2n) is 5.03. The Balaban J connectivity index is 1.75. The summed E-state index contributed by atoms with van der Waals surface area (Å²) in [5, 5.41) is 0. The highest BCUT2D eigenvalue weighted by molar-refractivity contribution is 6.04. The SMILES string of the molecule is CC1=NC2C=CC=CC2=C1CCN1C(=O)CCC1=O. The minimum absolute atomic E-state index is 0.0428. The number of amides is 2. The molecular formula is C15H16N2O2. The smallest absolute Gasteiger partial charge is 0.229 e. The van der Waals surface area contributed by atoms with Crippen LogP contribution in [0.2, 0.25) is 0 Å². The number of nitrogens with zero attached hydrogens (tertiary/aromatic N) is 2. The van der Waals surface area contributed by atoms with Crippen LogP contribution in [0.4, 0.5) is 0 Å². The molecule has 2 heterocycles. The number of carbonyl (C=O) groups is 2. The summed E-state index contributed by atoms with van der Waals surface area (Å²) in [6, 6.07) is 0.130.